The first-order valence-electron chi connectivity index (χ1n) is 5.70. The molecular formula is C10H12N4O3S. The normalized spacial score (nSPS) is 17.5. The molecule has 3 rings (SSSR count). The van der Waals surface area contributed by atoms with Gasteiger partial charge in [0.05, 0.1) is 6.10 Å². The molecule has 96 valence electrons. The van der Waals surface area contributed by atoms with Gasteiger partial charge < -0.3 is 20.1 Å². The summed E-state index contributed by atoms with van der Waals surface area (Å²) in [6.45, 7) is 1.21. The number of rotatable bonds is 2. The summed E-state index contributed by atoms with van der Waals surface area (Å²) in [5, 5.41) is 22.4. The van der Waals surface area contributed by atoms with Crippen LogP contribution in [0.1, 0.15) is 12.8 Å². The van der Waals surface area contributed by atoms with Gasteiger partial charge in [-0.15, -0.1) is 0 Å². The lowest BCUT2D eigenvalue weighted by Crippen LogP contribution is -2.36. The maximum Gasteiger partial charge on any atom is 0.373 e. The second-order valence-electron chi connectivity index (χ2n) is 4.29. The van der Waals surface area contributed by atoms with Gasteiger partial charge in [-0.1, -0.05) is 11.3 Å². The highest BCUT2D eigenvalue weighted by Gasteiger charge is 2.29. The number of aromatic nitrogens is 2. The zero-order valence-corrected chi connectivity index (χ0v) is 10.3. The van der Waals surface area contributed by atoms with E-state index in [0.29, 0.717) is 36.7 Å². The number of aliphatic hydroxyl groups is 1. The van der Waals surface area contributed by atoms with E-state index in [-0.39, 0.29) is 11.9 Å². The first kappa shape index (κ1) is 11.4. The van der Waals surface area contributed by atoms with Crippen molar-refractivity contribution >= 4 is 27.9 Å². The lowest BCUT2D eigenvalue weighted by Gasteiger charge is -2.28. The van der Waals surface area contributed by atoms with E-state index >= 15 is 0 Å². The van der Waals surface area contributed by atoms with E-state index in [9.17, 15) is 15.2 Å². The van der Waals surface area contributed by atoms with Gasteiger partial charge in [0.25, 0.3) is 4.96 Å². The summed E-state index contributed by atoms with van der Waals surface area (Å²) in [5.41, 5.74) is 0. The topological polar surface area (TPSA) is 83.9 Å². The standard InChI is InChI=1S/C10H12N4O3S/c15-7-1-3-12(4-2-7)8-9(14(16)17)13-5-6-18-10(13)11-8/h5-7,15H,1-4H2. The lowest BCUT2D eigenvalue weighted by atomic mass is 10.1. The van der Waals surface area contributed by atoms with Crippen molar-refractivity contribution in [1.29, 1.82) is 0 Å². The molecule has 1 saturated heterocycles. The van der Waals surface area contributed by atoms with Gasteiger partial charge in [-0.05, 0) is 17.8 Å². The third-order valence-corrected chi connectivity index (χ3v) is 3.91. The Morgan fingerprint density at radius 3 is 2.89 bits per heavy atom. The fourth-order valence-corrected chi connectivity index (χ4v) is 2.93. The Morgan fingerprint density at radius 2 is 2.22 bits per heavy atom. The van der Waals surface area contributed by atoms with E-state index in [1.165, 1.54) is 15.7 Å². The van der Waals surface area contributed by atoms with E-state index in [1.54, 1.807) is 11.6 Å². The van der Waals surface area contributed by atoms with E-state index in [0.717, 1.165) is 0 Å². The number of piperidine rings is 1. The van der Waals surface area contributed by atoms with Gasteiger partial charge >= 0.3 is 5.82 Å². The van der Waals surface area contributed by atoms with Crippen LogP contribution < -0.4 is 4.90 Å². The molecule has 2 aromatic heterocycles. The number of hydrogen-bond acceptors (Lipinski definition) is 6. The van der Waals surface area contributed by atoms with E-state index in [1.807, 2.05) is 4.90 Å². The Kier molecular flexibility index (Phi) is 2.67. The van der Waals surface area contributed by atoms with Crippen LogP contribution in [0.25, 0.3) is 4.96 Å². The molecule has 0 unspecified atom stereocenters. The summed E-state index contributed by atoms with van der Waals surface area (Å²) >= 11 is 1.38. The summed E-state index contributed by atoms with van der Waals surface area (Å²) in [4.78, 5) is 17.6. The minimum Gasteiger partial charge on any atom is -0.393 e. The van der Waals surface area contributed by atoms with Crippen molar-refractivity contribution in [1.82, 2.24) is 9.38 Å². The van der Waals surface area contributed by atoms with Crippen molar-refractivity contribution in [3.8, 4) is 0 Å². The number of nitro groups is 1. The Labute approximate surface area is 106 Å². The summed E-state index contributed by atoms with van der Waals surface area (Å²) < 4.78 is 1.50. The van der Waals surface area contributed by atoms with Gasteiger partial charge in [-0.2, -0.15) is 9.38 Å². The Morgan fingerprint density at radius 1 is 1.50 bits per heavy atom. The van der Waals surface area contributed by atoms with Crippen LogP contribution in [0.5, 0.6) is 0 Å². The third kappa shape index (κ3) is 1.73. The van der Waals surface area contributed by atoms with Crippen molar-refractivity contribution in [2.75, 3.05) is 18.0 Å². The molecule has 1 N–H and O–H groups in total. The quantitative estimate of drug-likeness (QED) is 0.655. The van der Waals surface area contributed by atoms with Crippen LogP contribution in [0.15, 0.2) is 11.6 Å². The molecule has 1 aliphatic heterocycles. The van der Waals surface area contributed by atoms with Crippen LogP contribution in [-0.4, -0.2) is 38.6 Å². The highest BCUT2D eigenvalue weighted by Crippen LogP contribution is 2.32. The third-order valence-electron chi connectivity index (χ3n) is 3.16. The van der Waals surface area contributed by atoms with E-state index < -0.39 is 4.92 Å². The monoisotopic (exact) mass is 268 g/mol. The van der Waals surface area contributed by atoms with Crippen molar-refractivity contribution in [2.24, 2.45) is 0 Å². The highest BCUT2D eigenvalue weighted by atomic mass is 32.1. The van der Waals surface area contributed by atoms with Gasteiger partial charge in [0, 0.05) is 18.5 Å². The highest BCUT2D eigenvalue weighted by molar-refractivity contribution is 7.15. The van der Waals surface area contributed by atoms with Gasteiger partial charge in [0.1, 0.15) is 6.20 Å². The molecule has 1 fully saturated rings. The predicted octanol–water partition coefficient (Wildman–Crippen LogP) is 1.27. The van der Waals surface area contributed by atoms with Crippen LogP contribution in [0.2, 0.25) is 0 Å². The van der Waals surface area contributed by atoms with E-state index in [2.05, 4.69) is 4.98 Å². The predicted molar refractivity (Wildman–Crippen MR) is 67.2 cm³/mol. The molecular weight excluding hydrogens is 256 g/mol. The Bertz CT molecular complexity index is 585. The second kappa shape index (κ2) is 4.21. The zero-order valence-electron chi connectivity index (χ0n) is 9.52. The summed E-state index contributed by atoms with van der Waals surface area (Å²) in [7, 11) is 0. The Hall–Kier alpha value is -1.67. The number of nitrogens with zero attached hydrogens (tertiary/aromatic N) is 4. The lowest BCUT2D eigenvalue weighted by molar-refractivity contribution is -0.389. The fourth-order valence-electron chi connectivity index (χ4n) is 2.22. The molecule has 0 spiro atoms. The molecule has 18 heavy (non-hydrogen) atoms. The fraction of sp³-hybridized carbons (Fsp3) is 0.500. The molecule has 0 aliphatic carbocycles. The van der Waals surface area contributed by atoms with Gasteiger partial charge in [-0.25, -0.2) is 0 Å². The van der Waals surface area contributed by atoms with Gasteiger partial charge in [0.2, 0.25) is 5.82 Å². The van der Waals surface area contributed by atoms with Gasteiger partial charge in [0.15, 0.2) is 0 Å². The van der Waals surface area contributed by atoms with Crippen molar-refractivity contribution < 1.29 is 10.0 Å². The number of thiazole rings is 1. The second-order valence-corrected chi connectivity index (χ2v) is 5.16. The molecule has 0 radical (unpaired) electrons. The number of aliphatic hydroxyl groups excluding tert-OH is 1. The molecule has 1 aliphatic rings. The summed E-state index contributed by atoms with van der Waals surface area (Å²) in [5.74, 6) is 0.432. The molecule has 3 heterocycles. The van der Waals surface area contributed by atoms with Crippen LogP contribution >= 0.6 is 11.3 Å². The summed E-state index contributed by atoms with van der Waals surface area (Å²) in [6.07, 6.45) is 2.61. The Balaban J connectivity index is 2.02. The molecule has 8 heteroatoms. The van der Waals surface area contributed by atoms with Crippen LogP contribution in [-0.2, 0) is 0 Å². The van der Waals surface area contributed by atoms with Crippen molar-refractivity contribution in [2.45, 2.75) is 18.9 Å². The number of imidazole rings is 1. The number of hydrogen-bond donors (Lipinski definition) is 1. The largest absolute Gasteiger partial charge is 0.393 e. The number of anilines is 1. The molecule has 0 bridgehead atoms. The minimum atomic E-state index is -0.396. The maximum absolute atomic E-state index is 11.2. The molecule has 7 nitrogen and oxygen atoms in total. The van der Waals surface area contributed by atoms with Crippen molar-refractivity contribution in [3.63, 3.8) is 0 Å². The first-order valence-corrected chi connectivity index (χ1v) is 6.57. The van der Waals surface area contributed by atoms with E-state index in [4.69, 9.17) is 0 Å². The average molecular weight is 268 g/mol. The minimum absolute atomic E-state index is 0.0163. The molecule has 0 saturated carbocycles. The molecule has 0 atom stereocenters. The molecule has 0 amide bonds. The maximum atomic E-state index is 11.2. The van der Waals surface area contributed by atoms with Gasteiger partial charge in [-0.3, -0.25) is 0 Å². The molecule has 0 aromatic carbocycles. The zero-order chi connectivity index (χ0) is 12.7. The number of fused-ring (bicyclic) bond motifs is 1. The SMILES string of the molecule is O=[N+]([O-])c1c(N2CCC(O)CC2)nc2sccn12. The van der Waals surface area contributed by atoms with Crippen molar-refractivity contribution in [3.05, 3.63) is 21.7 Å². The average Bonchev–Trinajstić information content (AvgIpc) is 2.88. The first-order chi connectivity index (χ1) is 8.66. The smallest absolute Gasteiger partial charge is 0.373 e. The molecule has 2 aromatic rings. The summed E-state index contributed by atoms with van der Waals surface area (Å²) in [6, 6.07) is 0. The van der Waals surface area contributed by atoms with Crippen LogP contribution in [0, 0.1) is 10.1 Å². The van der Waals surface area contributed by atoms with Crippen LogP contribution in [0.3, 0.4) is 0 Å². The van der Waals surface area contributed by atoms with Crippen LogP contribution in [0.4, 0.5) is 11.6 Å².